The van der Waals surface area contributed by atoms with Gasteiger partial charge in [-0.2, -0.15) is 5.10 Å². The number of nitrogens with one attached hydrogen (secondary N) is 2. The Hall–Kier alpha value is -1.81. The van der Waals surface area contributed by atoms with Crippen molar-refractivity contribution in [2.24, 2.45) is 0 Å². The summed E-state index contributed by atoms with van der Waals surface area (Å²) in [6, 6.07) is 10.9. The standard InChI is InChI=1S/C16H21N3O/c1-11-9-15(10-12(2)20-11)18-14-5-3-13(4-6-14)16-7-8-17-19-16/h3-8,11-12,15,18H,9-10H2,1-2H3,(H,17,19). The van der Waals surface area contributed by atoms with E-state index < -0.39 is 0 Å². The summed E-state index contributed by atoms with van der Waals surface area (Å²) in [6.07, 6.45) is 4.56. The zero-order valence-corrected chi connectivity index (χ0v) is 12.0. The van der Waals surface area contributed by atoms with Crippen molar-refractivity contribution >= 4 is 5.69 Å². The highest BCUT2D eigenvalue weighted by Gasteiger charge is 2.24. The molecular formula is C16H21N3O. The van der Waals surface area contributed by atoms with Gasteiger partial charge >= 0.3 is 0 Å². The third kappa shape index (κ3) is 3.02. The van der Waals surface area contributed by atoms with E-state index in [2.05, 4.69) is 53.6 Å². The van der Waals surface area contributed by atoms with E-state index in [1.807, 2.05) is 6.07 Å². The summed E-state index contributed by atoms with van der Waals surface area (Å²) < 4.78 is 5.77. The van der Waals surface area contributed by atoms with Crippen LogP contribution in [0.25, 0.3) is 11.3 Å². The average Bonchev–Trinajstić information content (AvgIpc) is 2.92. The second-order valence-corrected chi connectivity index (χ2v) is 5.62. The third-order valence-corrected chi connectivity index (χ3v) is 3.76. The Morgan fingerprint density at radius 3 is 2.40 bits per heavy atom. The number of aromatic nitrogens is 2. The molecule has 0 saturated carbocycles. The highest BCUT2D eigenvalue weighted by atomic mass is 16.5. The summed E-state index contributed by atoms with van der Waals surface area (Å²) in [7, 11) is 0. The molecule has 2 N–H and O–H groups in total. The molecule has 0 aliphatic carbocycles. The van der Waals surface area contributed by atoms with Crippen molar-refractivity contribution < 1.29 is 4.74 Å². The molecule has 3 rings (SSSR count). The van der Waals surface area contributed by atoms with Gasteiger partial charge in [-0.15, -0.1) is 0 Å². The van der Waals surface area contributed by atoms with Gasteiger partial charge in [0.05, 0.1) is 17.9 Å². The average molecular weight is 271 g/mol. The Balaban J connectivity index is 1.66. The van der Waals surface area contributed by atoms with Gasteiger partial charge in [0.1, 0.15) is 0 Å². The number of nitrogens with zero attached hydrogens (tertiary/aromatic N) is 1. The number of hydrogen-bond acceptors (Lipinski definition) is 3. The van der Waals surface area contributed by atoms with Crippen LogP contribution >= 0.6 is 0 Å². The minimum absolute atomic E-state index is 0.334. The highest BCUT2D eigenvalue weighted by Crippen LogP contribution is 2.24. The van der Waals surface area contributed by atoms with Gasteiger partial charge in [0.15, 0.2) is 0 Å². The molecule has 4 nitrogen and oxygen atoms in total. The van der Waals surface area contributed by atoms with E-state index in [1.165, 1.54) is 5.69 Å². The Bertz CT molecular complexity index is 525. The zero-order valence-electron chi connectivity index (χ0n) is 12.0. The topological polar surface area (TPSA) is 49.9 Å². The van der Waals surface area contributed by atoms with Crippen molar-refractivity contribution in [1.29, 1.82) is 0 Å². The minimum atomic E-state index is 0.334. The largest absolute Gasteiger partial charge is 0.382 e. The molecule has 1 aromatic carbocycles. The summed E-state index contributed by atoms with van der Waals surface area (Å²) in [5.74, 6) is 0. The predicted molar refractivity (Wildman–Crippen MR) is 80.7 cm³/mol. The fourth-order valence-electron chi connectivity index (χ4n) is 2.92. The van der Waals surface area contributed by atoms with Crippen molar-refractivity contribution in [2.75, 3.05) is 5.32 Å². The van der Waals surface area contributed by atoms with Crippen LogP contribution in [0.5, 0.6) is 0 Å². The molecule has 2 atom stereocenters. The maximum absolute atomic E-state index is 5.77. The van der Waals surface area contributed by atoms with Crippen LogP contribution in [0, 0.1) is 0 Å². The van der Waals surface area contributed by atoms with Crippen molar-refractivity contribution in [1.82, 2.24) is 10.2 Å². The normalized spacial score (nSPS) is 26.4. The first-order valence-electron chi connectivity index (χ1n) is 7.22. The van der Waals surface area contributed by atoms with Crippen LogP contribution in [0.15, 0.2) is 36.5 Å². The first-order chi connectivity index (χ1) is 9.70. The number of benzene rings is 1. The van der Waals surface area contributed by atoms with E-state index in [0.717, 1.165) is 24.1 Å². The molecule has 0 radical (unpaired) electrons. The Morgan fingerprint density at radius 2 is 1.80 bits per heavy atom. The van der Waals surface area contributed by atoms with Crippen molar-refractivity contribution in [3.05, 3.63) is 36.5 Å². The monoisotopic (exact) mass is 271 g/mol. The number of aromatic amines is 1. The molecule has 0 bridgehead atoms. The summed E-state index contributed by atoms with van der Waals surface area (Å²) >= 11 is 0. The maximum atomic E-state index is 5.77. The first-order valence-corrected chi connectivity index (χ1v) is 7.22. The molecule has 4 heteroatoms. The Morgan fingerprint density at radius 1 is 1.10 bits per heavy atom. The summed E-state index contributed by atoms with van der Waals surface area (Å²) in [5.41, 5.74) is 3.37. The van der Waals surface area contributed by atoms with Crippen molar-refractivity contribution in [3.8, 4) is 11.3 Å². The summed E-state index contributed by atoms with van der Waals surface area (Å²) in [6.45, 7) is 4.29. The van der Waals surface area contributed by atoms with Crippen molar-refractivity contribution in [2.45, 2.75) is 44.9 Å². The van der Waals surface area contributed by atoms with E-state index >= 15 is 0 Å². The van der Waals surface area contributed by atoms with Gasteiger partial charge < -0.3 is 10.1 Å². The molecule has 2 unspecified atom stereocenters. The van der Waals surface area contributed by atoms with Gasteiger partial charge in [-0.3, -0.25) is 5.10 Å². The lowest BCUT2D eigenvalue weighted by molar-refractivity contribution is -0.0337. The minimum Gasteiger partial charge on any atom is -0.382 e. The predicted octanol–water partition coefficient (Wildman–Crippen LogP) is 3.44. The van der Waals surface area contributed by atoms with Gasteiger partial charge in [0, 0.05) is 17.9 Å². The van der Waals surface area contributed by atoms with E-state index in [0.29, 0.717) is 18.2 Å². The second-order valence-electron chi connectivity index (χ2n) is 5.62. The van der Waals surface area contributed by atoms with Gasteiger partial charge in [0.25, 0.3) is 0 Å². The van der Waals surface area contributed by atoms with Crippen LogP contribution in [-0.4, -0.2) is 28.4 Å². The molecule has 1 aliphatic rings. The smallest absolute Gasteiger partial charge is 0.0650 e. The number of hydrogen-bond donors (Lipinski definition) is 2. The molecule has 1 saturated heterocycles. The first kappa shape index (κ1) is 13.2. The highest BCUT2D eigenvalue weighted by molar-refractivity contribution is 5.62. The van der Waals surface area contributed by atoms with Crippen LogP contribution in [0.3, 0.4) is 0 Å². The molecule has 2 heterocycles. The lowest BCUT2D eigenvalue weighted by Crippen LogP contribution is -2.36. The molecule has 1 aromatic heterocycles. The Kier molecular flexibility index (Phi) is 3.74. The third-order valence-electron chi connectivity index (χ3n) is 3.76. The Labute approximate surface area is 119 Å². The molecular weight excluding hydrogens is 250 g/mol. The quantitative estimate of drug-likeness (QED) is 0.899. The number of H-pyrrole nitrogens is 1. The zero-order chi connectivity index (χ0) is 13.9. The second kappa shape index (κ2) is 5.67. The number of rotatable bonds is 3. The van der Waals surface area contributed by atoms with E-state index in [1.54, 1.807) is 6.20 Å². The molecule has 0 amide bonds. The lowest BCUT2D eigenvalue weighted by atomic mass is 9.99. The molecule has 106 valence electrons. The summed E-state index contributed by atoms with van der Waals surface area (Å²) in [4.78, 5) is 0. The molecule has 1 fully saturated rings. The maximum Gasteiger partial charge on any atom is 0.0650 e. The van der Waals surface area contributed by atoms with E-state index in [4.69, 9.17) is 4.74 Å². The SMILES string of the molecule is CC1CC(Nc2ccc(-c3ccn[nH]3)cc2)CC(C)O1. The van der Waals surface area contributed by atoms with Crippen LogP contribution in [0.1, 0.15) is 26.7 Å². The molecule has 2 aromatic rings. The van der Waals surface area contributed by atoms with E-state index in [9.17, 15) is 0 Å². The van der Waals surface area contributed by atoms with E-state index in [-0.39, 0.29) is 0 Å². The van der Waals surface area contributed by atoms with Gasteiger partial charge in [-0.05, 0) is 50.5 Å². The molecule has 1 aliphatic heterocycles. The van der Waals surface area contributed by atoms with Crippen LogP contribution in [-0.2, 0) is 4.74 Å². The molecule has 0 spiro atoms. The number of ether oxygens (including phenoxy) is 1. The lowest BCUT2D eigenvalue weighted by Gasteiger charge is -2.33. The van der Waals surface area contributed by atoms with Gasteiger partial charge in [-0.1, -0.05) is 12.1 Å². The van der Waals surface area contributed by atoms with Gasteiger partial charge in [-0.25, -0.2) is 0 Å². The van der Waals surface area contributed by atoms with Crippen LogP contribution in [0.4, 0.5) is 5.69 Å². The molecule has 20 heavy (non-hydrogen) atoms. The van der Waals surface area contributed by atoms with Crippen LogP contribution in [0.2, 0.25) is 0 Å². The van der Waals surface area contributed by atoms with Gasteiger partial charge in [0.2, 0.25) is 0 Å². The van der Waals surface area contributed by atoms with Crippen molar-refractivity contribution in [3.63, 3.8) is 0 Å². The van der Waals surface area contributed by atoms with Crippen LogP contribution < -0.4 is 5.32 Å². The fraction of sp³-hybridized carbons (Fsp3) is 0.438. The number of anilines is 1. The fourth-order valence-corrected chi connectivity index (χ4v) is 2.92. The summed E-state index contributed by atoms with van der Waals surface area (Å²) in [5, 5.41) is 10.6.